The molecule has 0 aliphatic carbocycles. The van der Waals surface area contributed by atoms with E-state index in [1.165, 1.54) is 0 Å². The third kappa shape index (κ3) is 3.94. The quantitative estimate of drug-likeness (QED) is 0.690. The molecule has 0 bridgehead atoms. The van der Waals surface area contributed by atoms with Crippen molar-refractivity contribution in [3.05, 3.63) is 65.0 Å². The van der Waals surface area contributed by atoms with Gasteiger partial charge in [0.15, 0.2) is 5.13 Å². The molecule has 0 aliphatic rings. The van der Waals surface area contributed by atoms with Crippen molar-refractivity contribution in [2.24, 2.45) is 9.98 Å². The second-order valence-corrected chi connectivity index (χ2v) is 6.04. The van der Waals surface area contributed by atoms with Crippen LogP contribution in [0.25, 0.3) is 11.3 Å². The van der Waals surface area contributed by atoms with Crippen molar-refractivity contribution in [2.45, 2.75) is 0 Å². The number of aromatic nitrogens is 1. The lowest BCUT2D eigenvalue weighted by Crippen LogP contribution is -1.91. The standard InChI is InChI=1S/C19H18N4S/c1-20-11-14-6-8-16(9-7-14)18-13-24-19(23-18)22-17-5-3-4-15(10-17)12-21-2/h3-13H,1-2H3,(H,22,23). The molecule has 0 radical (unpaired) electrons. The van der Waals surface area contributed by atoms with E-state index in [4.69, 9.17) is 0 Å². The summed E-state index contributed by atoms with van der Waals surface area (Å²) in [6.45, 7) is 0. The Morgan fingerprint density at radius 2 is 1.71 bits per heavy atom. The predicted molar refractivity (Wildman–Crippen MR) is 104 cm³/mol. The molecule has 0 saturated carbocycles. The molecule has 0 atom stereocenters. The first kappa shape index (κ1) is 16.1. The lowest BCUT2D eigenvalue weighted by molar-refractivity contribution is 1.38. The molecule has 3 rings (SSSR count). The van der Waals surface area contributed by atoms with E-state index < -0.39 is 0 Å². The van der Waals surface area contributed by atoms with E-state index in [9.17, 15) is 0 Å². The van der Waals surface area contributed by atoms with Crippen LogP contribution < -0.4 is 5.32 Å². The van der Waals surface area contributed by atoms with Crippen LogP contribution in [0, 0.1) is 0 Å². The summed E-state index contributed by atoms with van der Waals surface area (Å²) in [5.74, 6) is 0. The molecule has 0 fully saturated rings. The van der Waals surface area contributed by atoms with Crippen LogP contribution in [0.3, 0.4) is 0 Å². The third-order valence-electron chi connectivity index (χ3n) is 3.40. The van der Waals surface area contributed by atoms with E-state index in [-0.39, 0.29) is 0 Å². The van der Waals surface area contributed by atoms with Crippen LogP contribution in [0.4, 0.5) is 10.8 Å². The van der Waals surface area contributed by atoms with Gasteiger partial charge in [0, 0.05) is 43.2 Å². The largest absolute Gasteiger partial charge is 0.332 e. The fourth-order valence-corrected chi connectivity index (χ4v) is 3.06. The van der Waals surface area contributed by atoms with Gasteiger partial charge in [0.1, 0.15) is 0 Å². The zero-order valence-electron chi connectivity index (χ0n) is 13.6. The fourth-order valence-electron chi connectivity index (χ4n) is 2.32. The average Bonchev–Trinajstić information content (AvgIpc) is 3.05. The van der Waals surface area contributed by atoms with Gasteiger partial charge in [-0.15, -0.1) is 11.3 Å². The Morgan fingerprint density at radius 1 is 0.958 bits per heavy atom. The highest BCUT2D eigenvalue weighted by Crippen LogP contribution is 2.27. The first-order valence-electron chi connectivity index (χ1n) is 7.56. The second kappa shape index (κ2) is 7.66. The first-order chi connectivity index (χ1) is 11.8. The Hall–Kier alpha value is -2.79. The van der Waals surface area contributed by atoms with Crippen LogP contribution in [0.2, 0.25) is 0 Å². The van der Waals surface area contributed by atoms with Crippen molar-refractivity contribution in [2.75, 3.05) is 19.4 Å². The van der Waals surface area contributed by atoms with Gasteiger partial charge in [-0.3, -0.25) is 9.98 Å². The third-order valence-corrected chi connectivity index (χ3v) is 4.16. The van der Waals surface area contributed by atoms with Gasteiger partial charge < -0.3 is 5.32 Å². The number of anilines is 2. The highest BCUT2D eigenvalue weighted by atomic mass is 32.1. The van der Waals surface area contributed by atoms with E-state index in [1.807, 2.05) is 48.8 Å². The number of nitrogens with zero attached hydrogens (tertiary/aromatic N) is 3. The van der Waals surface area contributed by atoms with Gasteiger partial charge >= 0.3 is 0 Å². The molecule has 1 aromatic heterocycles. The van der Waals surface area contributed by atoms with Gasteiger partial charge in [-0.25, -0.2) is 4.98 Å². The van der Waals surface area contributed by atoms with Crippen LogP contribution >= 0.6 is 11.3 Å². The number of aliphatic imine (C=N–C) groups is 2. The maximum Gasteiger partial charge on any atom is 0.187 e. The Kier molecular flexibility index (Phi) is 5.13. The monoisotopic (exact) mass is 334 g/mol. The summed E-state index contributed by atoms with van der Waals surface area (Å²) >= 11 is 1.59. The van der Waals surface area contributed by atoms with E-state index in [1.54, 1.807) is 25.4 Å². The normalized spacial score (nSPS) is 11.4. The Balaban J connectivity index is 1.77. The minimum Gasteiger partial charge on any atom is -0.332 e. The second-order valence-electron chi connectivity index (χ2n) is 5.18. The SMILES string of the molecule is CN=Cc1ccc(-c2csc(Nc3cccc(C=NC)c3)n2)cc1. The molecule has 120 valence electrons. The molecule has 1 heterocycles. The summed E-state index contributed by atoms with van der Waals surface area (Å²) < 4.78 is 0. The van der Waals surface area contributed by atoms with Gasteiger partial charge in [-0.1, -0.05) is 36.4 Å². The van der Waals surface area contributed by atoms with Crippen molar-refractivity contribution >= 4 is 34.6 Å². The van der Waals surface area contributed by atoms with E-state index in [2.05, 4.69) is 37.8 Å². The van der Waals surface area contributed by atoms with Crippen molar-refractivity contribution in [1.29, 1.82) is 0 Å². The van der Waals surface area contributed by atoms with Crippen LogP contribution in [0.5, 0.6) is 0 Å². The van der Waals surface area contributed by atoms with Crippen molar-refractivity contribution < 1.29 is 0 Å². The van der Waals surface area contributed by atoms with E-state index >= 15 is 0 Å². The van der Waals surface area contributed by atoms with Crippen molar-refractivity contribution in [1.82, 2.24) is 4.98 Å². The van der Waals surface area contributed by atoms with Crippen LogP contribution in [-0.2, 0) is 0 Å². The molecule has 1 N–H and O–H groups in total. The molecular weight excluding hydrogens is 316 g/mol. The predicted octanol–water partition coefficient (Wildman–Crippen LogP) is 4.65. The smallest absolute Gasteiger partial charge is 0.187 e. The number of thiazole rings is 1. The van der Waals surface area contributed by atoms with Gasteiger partial charge in [-0.05, 0) is 23.3 Å². The topological polar surface area (TPSA) is 49.6 Å². The van der Waals surface area contributed by atoms with Crippen LogP contribution in [-0.4, -0.2) is 31.5 Å². The molecule has 0 aliphatic heterocycles. The number of hydrogen-bond donors (Lipinski definition) is 1. The van der Waals surface area contributed by atoms with Crippen molar-refractivity contribution in [3.8, 4) is 11.3 Å². The first-order valence-corrected chi connectivity index (χ1v) is 8.44. The Labute approximate surface area is 145 Å². The summed E-state index contributed by atoms with van der Waals surface area (Å²) in [6, 6.07) is 16.3. The zero-order chi connectivity index (χ0) is 16.8. The lowest BCUT2D eigenvalue weighted by Gasteiger charge is -2.03. The van der Waals surface area contributed by atoms with Crippen molar-refractivity contribution in [3.63, 3.8) is 0 Å². The van der Waals surface area contributed by atoms with Gasteiger partial charge in [0.05, 0.1) is 5.69 Å². The molecule has 0 amide bonds. The number of nitrogens with one attached hydrogen (secondary N) is 1. The molecule has 0 unspecified atom stereocenters. The molecule has 4 nitrogen and oxygen atoms in total. The number of benzene rings is 2. The molecule has 5 heteroatoms. The maximum absolute atomic E-state index is 4.67. The van der Waals surface area contributed by atoms with Gasteiger partial charge in [-0.2, -0.15) is 0 Å². The van der Waals surface area contributed by atoms with Gasteiger partial charge in [0.2, 0.25) is 0 Å². The molecule has 0 saturated heterocycles. The summed E-state index contributed by atoms with van der Waals surface area (Å²) in [5.41, 5.74) is 5.22. The molecule has 2 aromatic carbocycles. The highest BCUT2D eigenvalue weighted by Gasteiger charge is 2.05. The molecule has 0 spiro atoms. The average molecular weight is 334 g/mol. The fraction of sp³-hybridized carbons (Fsp3) is 0.105. The Morgan fingerprint density at radius 3 is 2.46 bits per heavy atom. The Bertz CT molecular complexity index is 863. The minimum absolute atomic E-state index is 0.870. The highest BCUT2D eigenvalue weighted by molar-refractivity contribution is 7.14. The molecule has 24 heavy (non-hydrogen) atoms. The molecular formula is C19H18N4S. The molecule has 3 aromatic rings. The summed E-state index contributed by atoms with van der Waals surface area (Å²) in [6.07, 6.45) is 3.67. The maximum atomic E-state index is 4.67. The summed E-state index contributed by atoms with van der Waals surface area (Å²) in [7, 11) is 3.54. The minimum atomic E-state index is 0.870. The summed E-state index contributed by atoms with van der Waals surface area (Å²) in [5, 5.41) is 6.28. The van der Waals surface area contributed by atoms with Crippen LogP contribution in [0.15, 0.2) is 63.9 Å². The van der Waals surface area contributed by atoms with Crippen LogP contribution in [0.1, 0.15) is 11.1 Å². The summed E-state index contributed by atoms with van der Waals surface area (Å²) in [4.78, 5) is 12.7. The number of rotatable bonds is 5. The van der Waals surface area contributed by atoms with E-state index in [0.29, 0.717) is 0 Å². The van der Waals surface area contributed by atoms with Gasteiger partial charge in [0.25, 0.3) is 0 Å². The zero-order valence-corrected chi connectivity index (χ0v) is 14.4. The number of hydrogen-bond acceptors (Lipinski definition) is 5. The lowest BCUT2D eigenvalue weighted by atomic mass is 10.1. The van der Waals surface area contributed by atoms with E-state index in [0.717, 1.165) is 33.2 Å².